The van der Waals surface area contributed by atoms with Crippen molar-refractivity contribution in [3.8, 4) is 0 Å². The normalized spacial score (nSPS) is 24.7. The van der Waals surface area contributed by atoms with Crippen LogP contribution in [-0.2, 0) is 14.3 Å². The zero-order chi connectivity index (χ0) is 11.8. The van der Waals surface area contributed by atoms with E-state index in [9.17, 15) is 9.59 Å². The Morgan fingerprint density at radius 1 is 1.27 bits per heavy atom. The van der Waals surface area contributed by atoms with Crippen LogP contribution in [0.4, 0.5) is 4.79 Å². The van der Waals surface area contributed by atoms with Gasteiger partial charge in [0.15, 0.2) is 6.04 Å². The molecule has 1 heterocycles. The van der Waals surface area contributed by atoms with Crippen molar-refractivity contribution >= 4 is 12.1 Å². The number of hydrogen-bond donors (Lipinski definition) is 0. The molecular formula is C10H17NO4. The standard InChI is InChI=1S/C10H17NO4/c1-6-7(8(12)14-5)11(6)9(13)15-10(2,3)4/h6-7H,1-5H3. The Bertz CT molecular complexity index is 282. The van der Waals surface area contributed by atoms with Crippen molar-refractivity contribution in [3.05, 3.63) is 0 Å². The van der Waals surface area contributed by atoms with E-state index in [1.807, 2.05) is 0 Å². The van der Waals surface area contributed by atoms with Crippen LogP contribution >= 0.6 is 0 Å². The van der Waals surface area contributed by atoms with E-state index in [4.69, 9.17) is 4.74 Å². The van der Waals surface area contributed by atoms with Crippen molar-refractivity contribution in [3.63, 3.8) is 0 Å². The van der Waals surface area contributed by atoms with Gasteiger partial charge in [0.1, 0.15) is 5.60 Å². The highest BCUT2D eigenvalue weighted by atomic mass is 16.6. The van der Waals surface area contributed by atoms with E-state index in [-0.39, 0.29) is 6.04 Å². The highest BCUT2D eigenvalue weighted by Gasteiger charge is 2.55. The quantitative estimate of drug-likeness (QED) is 0.486. The van der Waals surface area contributed by atoms with Crippen LogP contribution in [0, 0.1) is 0 Å². The second-order valence-electron chi connectivity index (χ2n) is 4.60. The van der Waals surface area contributed by atoms with Crippen LogP contribution in [0.5, 0.6) is 0 Å². The highest BCUT2D eigenvalue weighted by Crippen LogP contribution is 2.30. The molecule has 0 spiro atoms. The number of amides is 1. The summed E-state index contributed by atoms with van der Waals surface area (Å²) >= 11 is 0. The molecule has 1 fully saturated rings. The van der Waals surface area contributed by atoms with E-state index >= 15 is 0 Å². The molecule has 5 nitrogen and oxygen atoms in total. The van der Waals surface area contributed by atoms with E-state index in [1.54, 1.807) is 27.7 Å². The minimum Gasteiger partial charge on any atom is -0.467 e. The summed E-state index contributed by atoms with van der Waals surface area (Å²) in [6, 6.07) is -0.614. The summed E-state index contributed by atoms with van der Waals surface area (Å²) in [5, 5.41) is 0. The topological polar surface area (TPSA) is 55.6 Å². The first-order valence-electron chi connectivity index (χ1n) is 4.87. The molecule has 1 aliphatic rings. The van der Waals surface area contributed by atoms with E-state index in [0.29, 0.717) is 0 Å². The molecule has 5 heteroatoms. The molecule has 1 aliphatic heterocycles. The largest absolute Gasteiger partial charge is 0.467 e. The number of rotatable bonds is 1. The fourth-order valence-electron chi connectivity index (χ4n) is 1.37. The molecule has 86 valence electrons. The third kappa shape index (κ3) is 2.61. The molecule has 0 aliphatic carbocycles. The second-order valence-corrected chi connectivity index (χ2v) is 4.60. The first-order chi connectivity index (χ1) is 6.78. The van der Waals surface area contributed by atoms with Gasteiger partial charge in [0.05, 0.1) is 13.2 Å². The highest BCUT2D eigenvalue weighted by molar-refractivity contribution is 5.88. The maximum absolute atomic E-state index is 11.6. The van der Waals surface area contributed by atoms with E-state index in [2.05, 4.69) is 4.74 Å². The number of ether oxygens (including phenoxy) is 2. The van der Waals surface area contributed by atoms with Gasteiger partial charge in [0.2, 0.25) is 0 Å². The van der Waals surface area contributed by atoms with Gasteiger partial charge in [-0.15, -0.1) is 0 Å². The van der Waals surface area contributed by atoms with Gasteiger partial charge in [-0.25, -0.2) is 9.59 Å². The minimum atomic E-state index is -0.542. The summed E-state index contributed by atoms with van der Waals surface area (Å²) < 4.78 is 9.70. The van der Waals surface area contributed by atoms with Crippen LogP contribution in [-0.4, -0.2) is 41.8 Å². The summed E-state index contributed by atoms with van der Waals surface area (Å²) in [4.78, 5) is 24.1. The van der Waals surface area contributed by atoms with Crippen LogP contribution in [0.15, 0.2) is 0 Å². The summed E-state index contributed by atoms with van der Waals surface area (Å²) in [7, 11) is 1.31. The second kappa shape index (κ2) is 3.72. The zero-order valence-corrected chi connectivity index (χ0v) is 9.73. The summed E-state index contributed by atoms with van der Waals surface area (Å²) in [5.41, 5.74) is -0.542. The van der Waals surface area contributed by atoms with Gasteiger partial charge in [-0.3, -0.25) is 4.90 Å². The molecule has 1 rings (SSSR count). The van der Waals surface area contributed by atoms with E-state index in [0.717, 1.165) is 0 Å². The Kier molecular flexibility index (Phi) is 2.93. The lowest BCUT2D eigenvalue weighted by atomic mass is 10.2. The van der Waals surface area contributed by atoms with Gasteiger partial charge in [0.25, 0.3) is 0 Å². The van der Waals surface area contributed by atoms with Crippen molar-refractivity contribution in [1.29, 1.82) is 0 Å². The first-order valence-corrected chi connectivity index (χ1v) is 4.87. The first kappa shape index (κ1) is 11.8. The van der Waals surface area contributed by atoms with Gasteiger partial charge >= 0.3 is 12.1 Å². The summed E-state index contributed by atoms with van der Waals surface area (Å²) in [6.07, 6.45) is -0.467. The molecule has 0 aromatic carbocycles. The summed E-state index contributed by atoms with van der Waals surface area (Å²) in [5.74, 6) is -0.395. The fourth-order valence-corrected chi connectivity index (χ4v) is 1.37. The number of nitrogens with zero attached hydrogens (tertiary/aromatic N) is 1. The lowest BCUT2D eigenvalue weighted by Crippen LogP contribution is -2.29. The molecule has 0 radical (unpaired) electrons. The van der Waals surface area contributed by atoms with Crippen molar-refractivity contribution in [2.75, 3.05) is 7.11 Å². The van der Waals surface area contributed by atoms with Crippen LogP contribution < -0.4 is 0 Å². The van der Waals surface area contributed by atoms with Crippen LogP contribution in [0.2, 0.25) is 0 Å². The number of esters is 1. The monoisotopic (exact) mass is 215 g/mol. The molecule has 0 aromatic rings. The average Bonchev–Trinajstić information content (AvgIpc) is 2.73. The Balaban J connectivity index is 2.54. The van der Waals surface area contributed by atoms with Crippen LogP contribution in [0.3, 0.4) is 0 Å². The van der Waals surface area contributed by atoms with Crippen molar-refractivity contribution in [1.82, 2.24) is 4.90 Å². The van der Waals surface area contributed by atoms with Gasteiger partial charge in [-0.05, 0) is 27.7 Å². The third-order valence-corrected chi connectivity index (χ3v) is 2.15. The Morgan fingerprint density at radius 2 is 1.80 bits per heavy atom. The fraction of sp³-hybridized carbons (Fsp3) is 0.800. The predicted octanol–water partition coefficient (Wildman–Crippen LogP) is 1.17. The molecule has 0 N–H and O–H groups in total. The predicted molar refractivity (Wildman–Crippen MR) is 53.3 cm³/mol. The van der Waals surface area contributed by atoms with Crippen molar-refractivity contribution < 1.29 is 19.1 Å². The Hall–Kier alpha value is -1.26. The number of carbonyl (C=O) groups is 2. The number of methoxy groups -OCH3 is 1. The number of carbonyl (C=O) groups excluding carboxylic acids is 2. The average molecular weight is 215 g/mol. The Labute approximate surface area is 89.3 Å². The molecule has 2 unspecified atom stereocenters. The molecule has 15 heavy (non-hydrogen) atoms. The SMILES string of the molecule is COC(=O)C1C(C)N1C(=O)OC(C)(C)C. The molecular weight excluding hydrogens is 198 g/mol. The molecule has 1 saturated heterocycles. The maximum atomic E-state index is 11.6. The van der Waals surface area contributed by atoms with Gasteiger partial charge in [-0.2, -0.15) is 0 Å². The maximum Gasteiger partial charge on any atom is 0.411 e. The molecule has 1 amide bonds. The van der Waals surface area contributed by atoms with E-state index in [1.165, 1.54) is 12.0 Å². The summed E-state index contributed by atoms with van der Waals surface area (Å²) in [6.45, 7) is 7.14. The van der Waals surface area contributed by atoms with Gasteiger partial charge < -0.3 is 9.47 Å². The van der Waals surface area contributed by atoms with Crippen molar-refractivity contribution in [2.24, 2.45) is 0 Å². The van der Waals surface area contributed by atoms with Gasteiger partial charge in [-0.1, -0.05) is 0 Å². The van der Waals surface area contributed by atoms with Crippen molar-refractivity contribution in [2.45, 2.75) is 45.4 Å². The Morgan fingerprint density at radius 3 is 2.20 bits per heavy atom. The van der Waals surface area contributed by atoms with Crippen LogP contribution in [0.1, 0.15) is 27.7 Å². The smallest absolute Gasteiger partial charge is 0.411 e. The minimum absolute atomic E-state index is 0.132. The van der Waals surface area contributed by atoms with Crippen LogP contribution in [0.25, 0.3) is 0 Å². The molecule has 0 aromatic heterocycles. The third-order valence-electron chi connectivity index (χ3n) is 2.15. The molecule has 2 atom stereocenters. The lowest BCUT2D eigenvalue weighted by molar-refractivity contribution is -0.140. The number of hydrogen-bond acceptors (Lipinski definition) is 4. The molecule has 0 bridgehead atoms. The zero-order valence-electron chi connectivity index (χ0n) is 9.73. The van der Waals surface area contributed by atoms with Gasteiger partial charge in [0, 0.05) is 0 Å². The molecule has 0 saturated carbocycles. The van der Waals surface area contributed by atoms with E-state index < -0.39 is 23.7 Å². The lowest BCUT2D eigenvalue weighted by Gasteiger charge is -2.19.